The van der Waals surface area contributed by atoms with Crippen molar-refractivity contribution in [3.63, 3.8) is 0 Å². The molecule has 0 spiro atoms. The van der Waals surface area contributed by atoms with Gasteiger partial charge in [0, 0.05) is 0 Å². The number of aromatic hydroxyl groups is 1. The van der Waals surface area contributed by atoms with Crippen LogP contribution < -0.4 is 0 Å². The summed E-state index contributed by atoms with van der Waals surface area (Å²) in [6.45, 7) is 10.9. The Balaban J connectivity index is 2.98. The minimum Gasteiger partial charge on any atom is -0.508 e. The molecule has 0 aliphatic rings. The minimum atomic E-state index is 0.297. The summed E-state index contributed by atoms with van der Waals surface area (Å²) in [6.07, 6.45) is 1.05. The Labute approximate surface area is 93.1 Å². The van der Waals surface area contributed by atoms with Crippen molar-refractivity contribution in [1.82, 2.24) is 0 Å². The van der Waals surface area contributed by atoms with Crippen LogP contribution >= 0.6 is 0 Å². The van der Waals surface area contributed by atoms with E-state index in [0.717, 1.165) is 12.0 Å². The molecular formula is C14H22O. The zero-order valence-electron chi connectivity index (χ0n) is 10.5. The van der Waals surface area contributed by atoms with E-state index in [1.807, 2.05) is 12.1 Å². The average molecular weight is 206 g/mol. The number of phenols is 1. The van der Waals surface area contributed by atoms with Gasteiger partial charge in [0.05, 0.1) is 0 Å². The lowest BCUT2D eigenvalue weighted by molar-refractivity contribution is 0.410. The van der Waals surface area contributed by atoms with Crippen LogP contribution in [0.25, 0.3) is 0 Å². The first-order valence-electron chi connectivity index (χ1n) is 5.61. The Morgan fingerprint density at radius 2 is 1.80 bits per heavy atom. The standard InChI is InChI=1S/C14H22O/c1-10(2)12-8-11(6-7-13(12)15)9-14(3,4)5/h6-8,10,15H,9H2,1-5H3. The van der Waals surface area contributed by atoms with Crippen molar-refractivity contribution in [2.45, 2.75) is 47.0 Å². The summed E-state index contributed by atoms with van der Waals surface area (Å²) >= 11 is 0. The third-order valence-corrected chi connectivity index (χ3v) is 2.45. The van der Waals surface area contributed by atoms with Crippen LogP contribution in [-0.4, -0.2) is 5.11 Å². The highest BCUT2D eigenvalue weighted by Gasteiger charge is 2.13. The molecule has 0 aliphatic carbocycles. The van der Waals surface area contributed by atoms with Crippen LogP contribution in [0.15, 0.2) is 18.2 Å². The lowest BCUT2D eigenvalue weighted by atomic mass is 9.86. The monoisotopic (exact) mass is 206 g/mol. The molecule has 0 radical (unpaired) electrons. The zero-order chi connectivity index (χ0) is 11.6. The van der Waals surface area contributed by atoms with E-state index in [1.54, 1.807) is 0 Å². The predicted molar refractivity (Wildman–Crippen MR) is 65.4 cm³/mol. The molecule has 0 heterocycles. The Hall–Kier alpha value is -0.980. The highest BCUT2D eigenvalue weighted by atomic mass is 16.3. The first-order valence-corrected chi connectivity index (χ1v) is 5.61. The van der Waals surface area contributed by atoms with Crippen LogP contribution in [0.1, 0.15) is 51.7 Å². The Morgan fingerprint density at radius 1 is 1.20 bits per heavy atom. The van der Waals surface area contributed by atoms with Gasteiger partial charge in [0.25, 0.3) is 0 Å². The molecule has 84 valence electrons. The molecule has 0 aromatic heterocycles. The predicted octanol–water partition coefficient (Wildman–Crippen LogP) is 4.10. The molecule has 0 atom stereocenters. The normalized spacial score (nSPS) is 12.1. The van der Waals surface area contributed by atoms with Gasteiger partial charge in [-0.2, -0.15) is 0 Å². The Kier molecular flexibility index (Phi) is 3.43. The molecule has 0 aliphatic heterocycles. The second-order valence-electron chi connectivity index (χ2n) is 5.79. The zero-order valence-corrected chi connectivity index (χ0v) is 10.5. The summed E-state index contributed by atoms with van der Waals surface area (Å²) in [7, 11) is 0. The summed E-state index contributed by atoms with van der Waals surface area (Å²) in [5, 5.41) is 9.70. The van der Waals surface area contributed by atoms with Crippen molar-refractivity contribution in [2.75, 3.05) is 0 Å². The Morgan fingerprint density at radius 3 is 2.27 bits per heavy atom. The van der Waals surface area contributed by atoms with Crippen LogP contribution in [0.5, 0.6) is 5.75 Å². The molecule has 1 heteroatoms. The fourth-order valence-corrected chi connectivity index (χ4v) is 1.79. The fraction of sp³-hybridized carbons (Fsp3) is 0.571. The SMILES string of the molecule is CC(C)c1cc(CC(C)(C)C)ccc1O. The number of benzene rings is 1. The maximum absolute atomic E-state index is 9.70. The van der Waals surface area contributed by atoms with E-state index in [0.29, 0.717) is 17.1 Å². The molecule has 1 aromatic rings. The quantitative estimate of drug-likeness (QED) is 0.772. The van der Waals surface area contributed by atoms with Crippen molar-refractivity contribution < 1.29 is 5.11 Å². The van der Waals surface area contributed by atoms with Crippen molar-refractivity contribution in [2.24, 2.45) is 5.41 Å². The molecule has 0 unspecified atom stereocenters. The first-order chi connectivity index (χ1) is 6.79. The van der Waals surface area contributed by atoms with Crippen LogP contribution in [0.2, 0.25) is 0 Å². The maximum atomic E-state index is 9.70. The smallest absolute Gasteiger partial charge is 0.119 e. The second kappa shape index (κ2) is 4.26. The van der Waals surface area contributed by atoms with Gasteiger partial charge in [-0.3, -0.25) is 0 Å². The average Bonchev–Trinajstić information content (AvgIpc) is 2.05. The van der Waals surface area contributed by atoms with Gasteiger partial charge in [0.15, 0.2) is 0 Å². The molecule has 0 bridgehead atoms. The van der Waals surface area contributed by atoms with Crippen molar-refractivity contribution in [3.8, 4) is 5.75 Å². The second-order valence-corrected chi connectivity index (χ2v) is 5.79. The van der Waals surface area contributed by atoms with E-state index in [-0.39, 0.29) is 0 Å². The summed E-state index contributed by atoms with van der Waals surface area (Å²) in [4.78, 5) is 0. The first kappa shape index (κ1) is 12.1. The van der Waals surface area contributed by atoms with Crippen LogP contribution in [0.3, 0.4) is 0 Å². The highest BCUT2D eigenvalue weighted by molar-refractivity contribution is 5.38. The summed E-state index contributed by atoms with van der Waals surface area (Å²) in [6, 6.07) is 5.97. The maximum Gasteiger partial charge on any atom is 0.119 e. The van der Waals surface area contributed by atoms with Crippen LogP contribution in [0, 0.1) is 5.41 Å². The third-order valence-electron chi connectivity index (χ3n) is 2.45. The molecule has 0 amide bonds. The van der Waals surface area contributed by atoms with E-state index in [2.05, 4.69) is 40.7 Å². The summed E-state index contributed by atoms with van der Waals surface area (Å²) in [5.74, 6) is 0.799. The van der Waals surface area contributed by atoms with Crippen LogP contribution in [-0.2, 0) is 6.42 Å². The van der Waals surface area contributed by atoms with Gasteiger partial charge in [0.2, 0.25) is 0 Å². The van der Waals surface area contributed by atoms with Crippen LogP contribution in [0.4, 0.5) is 0 Å². The third kappa shape index (κ3) is 3.58. The lowest BCUT2D eigenvalue weighted by Crippen LogP contribution is -2.09. The Bertz CT molecular complexity index is 332. The van der Waals surface area contributed by atoms with Crippen molar-refractivity contribution in [1.29, 1.82) is 0 Å². The lowest BCUT2D eigenvalue weighted by Gasteiger charge is -2.19. The van der Waals surface area contributed by atoms with E-state index >= 15 is 0 Å². The van der Waals surface area contributed by atoms with Gasteiger partial charge < -0.3 is 5.11 Å². The fourth-order valence-electron chi connectivity index (χ4n) is 1.79. The van der Waals surface area contributed by atoms with E-state index in [1.165, 1.54) is 5.56 Å². The van der Waals surface area contributed by atoms with Gasteiger partial charge in [-0.05, 0) is 34.9 Å². The van der Waals surface area contributed by atoms with Crippen molar-refractivity contribution >= 4 is 0 Å². The van der Waals surface area contributed by atoms with E-state index in [9.17, 15) is 5.11 Å². The van der Waals surface area contributed by atoms with E-state index in [4.69, 9.17) is 0 Å². The number of rotatable bonds is 2. The molecule has 1 nitrogen and oxygen atoms in total. The molecule has 1 rings (SSSR count). The molecular weight excluding hydrogens is 184 g/mol. The molecule has 0 saturated heterocycles. The van der Waals surface area contributed by atoms with Gasteiger partial charge in [0.1, 0.15) is 5.75 Å². The molecule has 15 heavy (non-hydrogen) atoms. The molecule has 1 N–H and O–H groups in total. The van der Waals surface area contributed by atoms with Gasteiger partial charge in [-0.25, -0.2) is 0 Å². The van der Waals surface area contributed by atoms with E-state index < -0.39 is 0 Å². The largest absolute Gasteiger partial charge is 0.508 e. The number of hydrogen-bond acceptors (Lipinski definition) is 1. The number of phenolic OH excluding ortho intramolecular Hbond substituents is 1. The summed E-state index contributed by atoms with van der Waals surface area (Å²) in [5.41, 5.74) is 2.66. The molecule has 0 saturated carbocycles. The topological polar surface area (TPSA) is 20.2 Å². The van der Waals surface area contributed by atoms with Crippen molar-refractivity contribution in [3.05, 3.63) is 29.3 Å². The molecule has 1 aromatic carbocycles. The minimum absolute atomic E-state index is 0.297. The number of hydrogen-bond donors (Lipinski definition) is 1. The van der Waals surface area contributed by atoms with Gasteiger partial charge in [-0.15, -0.1) is 0 Å². The van der Waals surface area contributed by atoms with Gasteiger partial charge >= 0.3 is 0 Å². The van der Waals surface area contributed by atoms with Gasteiger partial charge in [-0.1, -0.05) is 46.8 Å². The highest BCUT2D eigenvalue weighted by Crippen LogP contribution is 2.29. The summed E-state index contributed by atoms with van der Waals surface area (Å²) < 4.78 is 0. The molecule has 0 fully saturated rings.